The van der Waals surface area contributed by atoms with Crippen LogP contribution in [0, 0.1) is 71.0 Å². The molecule has 0 N–H and O–H groups in total. The Morgan fingerprint density at radius 1 is 0.259 bits per heavy atom. The summed E-state index contributed by atoms with van der Waals surface area (Å²) in [5, 5.41) is 6.29. The molecular formula is C54H87NS3. The van der Waals surface area contributed by atoms with Crippen molar-refractivity contribution in [2.75, 3.05) is 0 Å². The minimum Gasteiger partial charge on any atom is -0.294 e. The summed E-state index contributed by atoms with van der Waals surface area (Å²) < 4.78 is 0. The van der Waals surface area contributed by atoms with E-state index >= 15 is 0 Å². The van der Waals surface area contributed by atoms with E-state index in [0.717, 1.165) is 121 Å². The van der Waals surface area contributed by atoms with E-state index in [-0.39, 0.29) is 0 Å². The van der Waals surface area contributed by atoms with Crippen molar-refractivity contribution in [1.29, 1.82) is 0 Å². The molecule has 12 fully saturated rings. The molecule has 4 heteroatoms. The fourth-order valence-electron chi connectivity index (χ4n) is 19.4. The van der Waals surface area contributed by atoms with Crippen molar-refractivity contribution < 1.29 is 0 Å². The fourth-order valence-corrected chi connectivity index (χ4v) is 26.4. The lowest BCUT2D eigenvalue weighted by Gasteiger charge is -2.51. The highest BCUT2D eigenvalue weighted by Gasteiger charge is 2.59. The van der Waals surface area contributed by atoms with Crippen LogP contribution in [0.15, 0.2) is 0 Å². The molecule has 0 bridgehead atoms. The van der Waals surface area contributed by atoms with Crippen LogP contribution in [0.5, 0.6) is 0 Å². The summed E-state index contributed by atoms with van der Waals surface area (Å²) in [6.07, 6.45) is 51.8. The third kappa shape index (κ3) is 7.64. The van der Waals surface area contributed by atoms with Gasteiger partial charge in [0, 0.05) is 49.6 Å². The maximum atomic E-state index is 3.39. The highest BCUT2D eigenvalue weighted by atomic mass is 32.2. The summed E-state index contributed by atoms with van der Waals surface area (Å²) >= 11 is 7.71. The zero-order chi connectivity index (χ0) is 38.2. The molecule has 3 heterocycles. The summed E-state index contributed by atoms with van der Waals surface area (Å²) in [6, 6.07) is 2.76. The molecule has 12 aliphatic rings. The van der Waals surface area contributed by atoms with E-state index in [9.17, 15) is 0 Å². The van der Waals surface area contributed by atoms with Crippen LogP contribution >= 0.6 is 35.3 Å². The van der Waals surface area contributed by atoms with Crippen LogP contribution in [0.25, 0.3) is 0 Å². The average Bonchev–Trinajstić information content (AvgIpc) is 3.98. The quantitative estimate of drug-likeness (QED) is 0.262. The first-order chi connectivity index (χ1) is 28.7. The molecule has 0 spiro atoms. The molecule has 0 radical (unpaired) electrons. The Morgan fingerprint density at radius 3 is 1.47 bits per heavy atom. The van der Waals surface area contributed by atoms with Crippen molar-refractivity contribution >= 4 is 35.3 Å². The zero-order valence-corrected chi connectivity index (χ0v) is 39.6. The molecule has 0 amide bonds. The lowest BCUT2D eigenvalue weighted by Crippen LogP contribution is -2.53. The summed E-state index contributed by atoms with van der Waals surface area (Å²) in [5.74, 6) is 13.0. The van der Waals surface area contributed by atoms with Crippen molar-refractivity contribution in [3.63, 3.8) is 0 Å². The van der Waals surface area contributed by atoms with Gasteiger partial charge in [-0.1, -0.05) is 64.2 Å². The monoisotopic (exact) mass is 846 g/mol. The Hall–Kier alpha value is 1.01. The zero-order valence-electron chi connectivity index (χ0n) is 37.1. The maximum Gasteiger partial charge on any atom is 0.0123 e. The lowest BCUT2D eigenvalue weighted by molar-refractivity contribution is -0.0124. The maximum absolute atomic E-state index is 3.39. The fraction of sp³-hybridized carbons (Fsp3) is 1.00. The van der Waals surface area contributed by atoms with Crippen LogP contribution in [0.3, 0.4) is 0 Å². The van der Waals surface area contributed by atoms with E-state index in [0.29, 0.717) is 0 Å². The minimum atomic E-state index is 0.917. The first-order valence-electron chi connectivity index (χ1n) is 27.5. The molecule has 326 valence electrons. The third-order valence-corrected chi connectivity index (χ3v) is 27.7. The van der Waals surface area contributed by atoms with Crippen molar-refractivity contribution in [1.82, 2.24) is 4.90 Å². The Kier molecular flexibility index (Phi) is 12.4. The molecule has 9 saturated carbocycles. The van der Waals surface area contributed by atoms with Gasteiger partial charge in [-0.15, -0.1) is 0 Å². The molecule has 3 saturated heterocycles. The molecule has 0 aromatic rings. The summed E-state index contributed by atoms with van der Waals surface area (Å²) in [6.45, 7) is 0. The SMILES string of the molecule is C1CCC(C2CCC(N(C3CCC(C4CCC5C(C4)SC4CCCCC45)CC3)C3CCC(C4CCCC5C6CCC7SC8CCCCC8C7C6SC45)CC3)CC2)CC1. The number of nitrogens with zero attached hydrogens (tertiary/aromatic N) is 1. The van der Waals surface area contributed by atoms with Gasteiger partial charge >= 0.3 is 0 Å². The Morgan fingerprint density at radius 2 is 0.741 bits per heavy atom. The van der Waals surface area contributed by atoms with Gasteiger partial charge in [-0.05, 0) is 219 Å². The first-order valence-corrected chi connectivity index (χ1v) is 30.3. The number of hydrogen-bond donors (Lipinski definition) is 0. The molecule has 1 nitrogen and oxygen atoms in total. The Labute approximate surface area is 370 Å². The normalized spacial score (nSPS) is 53.5. The van der Waals surface area contributed by atoms with Crippen LogP contribution in [0.1, 0.15) is 212 Å². The van der Waals surface area contributed by atoms with Gasteiger partial charge in [-0.25, -0.2) is 0 Å². The molecule has 9 aliphatic carbocycles. The summed E-state index contributed by atoms with van der Waals surface area (Å²) in [7, 11) is 0. The van der Waals surface area contributed by atoms with Crippen molar-refractivity contribution in [2.45, 2.75) is 262 Å². The lowest BCUT2D eigenvalue weighted by atomic mass is 9.62. The minimum absolute atomic E-state index is 0.917. The molecule has 12 rings (SSSR count). The molecule has 0 aromatic heterocycles. The second-order valence-electron chi connectivity index (χ2n) is 24.3. The van der Waals surface area contributed by atoms with Gasteiger partial charge in [0.1, 0.15) is 0 Å². The molecular weight excluding hydrogens is 759 g/mol. The third-order valence-electron chi connectivity index (χ3n) is 22.0. The Bertz CT molecular complexity index is 1360. The van der Waals surface area contributed by atoms with E-state index in [1.807, 2.05) is 0 Å². The molecule has 0 aromatic carbocycles. The largest absolute Gasteiger partial charge is 0.294 e. The van der Waals surface area contributed by atoms with Crippen LogP contribution in [-0.4, -0.2) is 54.5 Å². The molecule has 14 atom stereocenters. The summed E-state index contributed by atoms with van der Waals surface area (Å²) in [4.78, 5) is 3.39. The van der Waals surface area contributed by atoms with E-state index in [2.05, 4.69) is 40.2 Å². The van der Waals surface area contributed by atoms with Gasteiger partial charge in [0.25, 0.3) is 0 Å². The van der Waals surface area contributed by atoms with Crippen LogP contribution in [0.4, 0.5) is 0 Å². The van der Waals surface area contributed by atoms with Gasteiger partial charge in [0.2, 0.25) is 0 Å². The van der Waals surface area contributed by atoms with E-state index < -0.39 is 0 Å². The van der Waals surface area contributed by atoms with Crippen LogP contribution in [0.2, 0.25) is 0 Å². The van der Waals surface area contributed by atoms with Crippen molar-refractivity contribution in [3.05, 3.63) is 0 Å². The summed E-state index contributed by atoms with van der Waals surface area (Å²) in [5.41, 5.74) is 0. The topological polar surface area (TPSA) is 3.24 Å². The standard InChI is InChI=1S/C54H87NS3/c1-2-9-34(10-3-1)35-17-24-39(25-18-35)55(40-26-19-36(20-27-40)38-23-30-44-43-11-4-6-15-48(43)57-51(44)33-38)41-28-21-37(22-29-41)42-13-8-14-45-46-31-32-50-52(54(46)58-53(42)45)47-12-5-7-16-49(47)56-50/h34-54H,1-33H2. The van der Waals surface area contributed by atoms with Gasteiger partial charge in [0.15, 0.2) is 0 Å². The predicted molar refractivity (Wildman–Crippen MR) is 253 cm³/mol. The number of hydrogen-bond acceptors (Lipinski definition) is 4. The molecule has 14 unspecified atom stereocenters. The average molecular weight is 846 g/mol. The van der Waals surface area contributed by atoms with E-state index in [1.165, 1.54) is 32.1 Å². The number of thioether (sulfide) groups is 3. The van der Waals surface area contributed by atoms with Gasteiger partial charge in [-0.2, -0.15) is 35.3 Å². The van der Waals surface area contributed by atoms with E-state index in [4.69, 9.17) is 0 Å². The van der Waals surface area contributed by atoms with Crippen LogP contribution < -0.4 is 0 Å². The smallest absolute Gasteiger partial charge is 0.0123 e. The van der Waals surface area contributed by atoms with Crippen LogP contribution in [-0.2, 0) is 0 Å². The first kappa shape index (κ1) is 40.5. The van der Waals surface area contributed by atoms with Crippen molar-refractivity contribution in [2.24, 2.45) is 71.0 Å². The van der Waals surface area contributed by atoms with Crippen molar-refractivity contribution in [3.8, 4) is 0 Å². The highest BCUT2D eigenvalue weighted by molar-refractivity contribution is 8.02. The van der Waals surface area contributed by atoms with Gasteiger partial charge in [0.05, 0.1) is 0 Å². The highest BCUT2D eigenvalue weighted by Crippen LogP contribution is 2.66. The van der Waals surface area contributed by atoms with Gasteiger partial charge in [-0.3, -0.25) is 4.90 Å². The second-order valence-corrected chi connectivity index (χ2v) is 28.6. The number of fused-ring (bicyclic) bond motifs is 10. The van der Waals surface area contributed by atoms with Gasteiger partial charge < -0.3 is 0 Å². The molecule has 58 heavy (non-hydrogen) atoms. The van der Waals surface area contributed by atoms with E-state index in [1.54, 1.807) is 180 Å². The second kappa shape index (κ2) is 17.8. The Balaban J connectivity index is 0.703. The predicted octanol–water partition coefficient (Wildman–Crippen LogP) is 15.2. The number of rotatable bonds is 6. The molecule has 3 aliphatic heterocycles.